The van der Waals surface area contributed by atoms with Gasteiger partial charge >= 0.3 is 0 Å². The van der Waals surface area contributed by atoms with Crippen molar-refractivity contribution in [3.8, 4) is 0 Å². The highest BCUT2D eigenvalue weighted by molar-refractivity contribution is 5.71. The Balaban J connectivity index is 1.85. The Kier molecular flexibility index (Phi) is 3.39. The van der Waals surface area contributed by atoms with E-state index >= 15 is 0 Å². The molecule has 1 N–H and O–H groups in total. The number of aromatic nitrogens is 3. The lowest BCUT2D eigenvalue weighted by atomic mass is 10.1. The number of fused-ring (bicyclic) bond motifs is 1. The van der Waals surface area contributed by atoms with Gasteiger partial charge < -0.3 is 5.32 Å². The zero-order valence-corrected chi connectivity index (χ0v) is 12.6. The van der Waals surface area contributed by atoms with Crippen LogP contribution in [0.1, 0.15) is 44.1 Å². The van der Waals surface area contributed by atoms with Crippen molar-refractivity contribution in [3.05, 3.63) is 24.2 Å². The summed E-state index contributed by atoms with van der Waals surface area (Å²) in [5.41, 5.74) is 2.10. The van der Waals surface area contributed by atoms with Crippen molar-refractivity contribution < 1.29 is 0 Å². The highest BCUT2D eigenvalue weighted by Crippen LogP contribution is 2.34. The molecule has 2 aliphatic heterocycles. The lowest BCUT2D eigenvalue weighted by molar-refractivity contribution is 0.201. The first-order valence-electron chi connectivity index (χ1n) is 8.16. The fraction of sp³-hybridized carbons (Fsp3) is 0.625. The summed E-state index contributed by atoms with van der Waals surface area (Å²) in [5.74, 6) is 1.76. The predicted octanol–water partition coefficient (Wildman–Crippen LogP) is 2.12. The SMILES string of the molecule is CCN1CCCC1n1c(C2CCNC2)nc2cccnc21. The van der Waals surface area contributed by atoms with Crippen LogP contribution < -0.4 is 5.32 Å². The van der Waals surface area contributed by atoms with Gasteiger partial charge in [0.15, 0.2) is 5.65 Å². The smallest absolute Gasteiger partial charge is 0.161 e. The summed E-state index contributed by atoms with van der Waals surface area (Å²) in [6, 6.07) is 4.08. The van der Waals surface area contributed by atoms with E-state index in [1.165, 1.54) is 31.6 Å². The Bertz CT molecular complexity index is 629. The van der Waals surface area contributed by atoms with Gasteiger partial charge in [0.05, 0.1) is 6.17 Å². The van der Waals surface area contributed by atoms with E-state index in [9.17, 15) is 0 Å². The Morgan fingerprint density at radius 2 is 2.33 bits per heavy atom. The van der Waals surface area contributed by atoms with Gasteiger partial charge in [-0.1, -0.05) is 6.92 Å². The van der Waals surface area contributed by atoms with Crippen molar-refractivity contribution >= 4 is 11.2 Å². The molecule has 2 aromatic rings. The molecule has 0 aromatic carbocycles. The molecule has 4 heterocycles. The molecule has 4 rings (SSSR count). The summed E-state index contributed by atoms with van der Waals surface area (Å²) >= 11 is 0. The monoisotopic (exact) mass is 285 g/mol. The fourth-order valence-electron chi connectivity index (χ4n) is 3.87. The molecule has 2 aliphatic rings. The molecule has 0 radical (unpaired) electrons. The van der Waals surface area contributed by atoms with Gasteiger partial charge in [0.25, 0.3) is 0 Å². The molecule has 2 fully saturated rings. The average Bonchev–Trinajstić information content (AvgIpc) is 3.24. The minimum absolute atomic E-state index is 0.436. The second-order valence-electron chi connectivity index (χ2n) is 6.13. The first kappa shape index (κ1) is 13.2. The quantitative estimate of drug-likeness (QED) is 0.938. The summed E-state index contributed by atoms with van der Waals surface area (Å²) in [5, 5.41) is 3.47. The maximum Gasteiger partial charge on any atom is 0.161 e. The third-order valence-corrected chi connectivity index (χ3v) is 4.93. The van der Waals surface area contributed by atoms with E-state index in [1.807, 2.05) is 12.3 Å². The molecule has 5 nitrogen and oxygen atoms in total. The maximum atomic E-state index is 4.94. The minimum Gasteiger partial charge on any atom is -0.316 e. The molecule has 0 spiro atoms. The molecular weight excluding hydrogens is 262 g/mol. The molecule has 0 aliphatic carbocycles. The van der Waals surface area contributed by atoms with Crippen molar-refractivity contribution in [2.24, 2.45) is 0 Å². The minimum atomic E-state index is 0.436. The van der Waals surface area contributed by atoms with Gasteiger partial charge in [0.2, 0.25) is 0 Å². The van der Waals surface area contributed by atoms with Gasteiger partial charge in [-0.3, -0.25) is 9.47 Å². The molecule has 2 unspecified atom stereocenters. The van der Waals surface area contributed by atoms with Crippen molar-refractivity contribution in [3.63, 3.8) is 0 Å². The molecule has 112 valence electrons. The summed E-state index contributed by atoms with van der Waals surface area (Å²) < 4.78 is 2.43. The van der Waals surface area contributed by atoms with Crippen molar-refractivity contribution in [2.75, 3.05) is 26.2 Å². The topological polar surface area (TPSA) is 46.0 Å². The third kappa shape index (κ3) is 2.15. The van der Waals surface area contributed by atoms with Crippen molar-refractivity contribution in [1.29, 1.82) is 0 Å². The number of hydrogen-bond donors (Lipinski definition) is 1. The number of rotatable bonds is 3. The second kappa shape index (κ2) is 5.39. The lowest BCUT2D eigenvalue weighted by Gasteiger charge is -2.27. The number of nitrogens with one attached hydrogen (secondary N) is 1. The van der Waals surface area contributed by atoms with Crippen LogP contribution in [0.25, 0.3) is 11.2 Å². The Hall–Kier alpha value is -1.46. The standard InChI is InChI=1S/C16H23N5/c1-2-20-10-4-6-14(20)21-15(12-7-9-17-11-12)19-13-5-3-8-18-16(13)21/h3,5,8,12,14,17H,2,4,6-7,9-11H2,1H3. The Morgan fingerprint density at radius 1 is 1.38 bits per heavy atom. The van der Waals surface area contributed by atoms with Crippen LogP contribution >= 0.6 is 0 Å². The zero-order chi connectivity index (χ0) is 14.2. The van der Waals surface area contributed by atoms with Crippen LogP contribution in [0.3, 0.4) is 0 Å². The van der Waals surface area contributed by atoms with Crippen LogP contribution in [0.2, 0.25) is 0 Å². The summed E-state index contributed by atoms with van der Waals surface area (Å²) in [6.45, 7) is 6.68. The Labute approximate surface area is 125 Å². The molecule has 0 saturated carbocycles. The molecule has 2 atom stereocenters. The van der Waals surface area contributed by atoms with Gasteiger partial charge in [0, 0.05) is 25.2 Å². The van der Waals surface area contributed by atoms with Crippen LogP contribution in [-0.2, 0) is 0 Å². The fourth-order valence-corrected chi connectivity index (χ4v) is 3.87. The molecule has 0 amide bonds. The highest BCUT2D eigenvalue weighted by Gasteiger charge is 2.32. The van der Waals surface area contributed by atoms with Crippen LogP contribution in [0.15, 0.2) is 18.3 Å². The van der Waals surface area contributed by atoms with Crippen LogP contribution in [0, 0.1) is 0 Å². The van der Waals surface area contributed by atoms with Gasteiger partial charge in [-0.05, 0) is 44.5 Å². The molecule has 5 heteroatoms. The molecule has 2 saturated heterocycles. The molecule has 21 heavy (non-hydrogen) atoms. The van der Waals surface area contributed by atoms with Crippen molar-refractivity contribution in [1.82, 2.24) is 24.8 Å². The highest BCUT2D eigenvalue weighted by atomic mass is 15.3. The number of likely N-dealkylation sites (tertiary alicyclic amines) is 1. The average molecular weight is 285 g/mol. The lowest BCUT2D eigenvalue weighted by Crippen LogP contribution is -2.29. The van der Waals surface area contributed by atoms with Gasteiger partial charge in [-0.2, -0.15) is 0 Å². The van der Waals surface area contributed by atoms with Gasteiger partial charge in [0.1, 0.15) is 11.3 Å². The van der Waals surface area contributed by atoms with Crippen molar-refractivity contribution in [2.45, 2.75) is 38.3 Å². The van der Waals surface area contributed by atoms with E-state index in [1.54, 1.807) is 0 Å². The zero-order valence-electron chi connectivity index (χ0n) is 12.6. The number of imidazole rings is 1. The molecule has 0 bridgehead atoms. The third-order valence-electron chi connectivity index (χ3n) is 4.93. The van der Waals surface area contributed by atoms with Crippen LogP contribution in [0.5, 0.6) is 0 Å². The molecular formula is C16H23N5. The van der Waals surface area contributed by atoms with E-state index in [-0.39, 0.29) is 0 Å². The summed E-state index contributed by atoms with van der Waals surface area (Å²) in [4.78, 5) is 12.1. The predicted molar refractivity (Wildman–Crippen MR) is 83.3 cm³/mol. The second-order valence-corrected chi connectivity index (χ2v) is 6.13. The summed E-state index contributed by atoms with van der Waals surface area (Å²) in [6.07, 6.45) is 5.99. The van der Waals surface area contributed by atoms with E-state index in [4.69, 9.17) is 4.98 Å². The first-order valence-corrected chi connectivity index (χ1v) is 8.16. The normalized spacial score (nSPS) is 26.9. The van der Waals surface area contributed by atoms with E-state index in [0.29, 0.717) is 12.1 Å². The van der Waals surface area contributed by atoms with E-state index in [2.05, 4.69) is 32.8 Å². The van der Waals surface area contributed by atoms with Crippen LogP contribution in [0.4, 0.5) is 0 Å². The number of hydrogen-bond acceptors (Lipinski definition) is 4. The number of pyridine rings is 1. The summed E-state index contributed by atoms with van der Waals surface area (Å²) in [7, 11) is 0. The largest absolute Gasteiger partial charge is 0.316 e. The van der Waals surface area contributed by atoms with Gasteiger partial charge in [-0.25, -0.2) is 9.97 Å². The van der Waals surface area contributed by atoms with Gasteiger partial charge in [-0.15, -0.1) is 0 Å². The molecule has 2 aromatic heterocycles. The maximum absolute atomic E-state index is 4.94. The van der Waals surface area contributed by atoms with Crippen LogP contribution in [-0.4, -0.2) is 45.6 Å². The Morgan fingerprint density at radius 3 is 3.14 bits per heavy atom. The first-order chi connectivity index (χ1) is 10.4. The number of nitrogens with zero attached hydrogens (tertiary/aromatic N) is 4. The van der Waals surface area contributed by atoms with E-state index in [0.717, 1.165) is 30.8 Å². The van der Waals surface area contributed by atoms with E-state index < -0.39 is 0 Å².